The largest absolute Gasteiger partial charge is 0.353 e. The zero-order chi connectivity index (χ0) is 24.1. The minimum atomic E-state index is 0.0129. The van der Waals surface area contributed by atoms with Crippen molar-refractivity contribution in [1.29, 1.82) is 0 Å². The maximum atomic E-state index is 12.5. The maximum absolute atomic E-state index is 12.5. The average molecular weight is 455 g/mol. The van der Waals surface area contributed by atoms with E-state index in [0.29, 0.717) is 13.1 Å². The summed E-state index contributed by atoms with van der Waals surface area (Å²) in [7, 11) is 0. The van der Waals surface area contributed by atoms with Gasteiger partial charge >= 0.3 is 0 Å². The summed E-state index contributed by atoms with van der Waals surface area (Å²) in [6.07, 6.45) is 7.70. The first-order valence-corrected chi connectivity index (χ1v) is 11.6. The summed E-state index contributed by atoms with van der Waals surface area (Å²) >= 11 is 0. The van der Waals surface area contributed by atoms with Gasteiger partial charge in [-0.2, -0.15) is 0 Å². The minimum Gasteiger partial charge on any atom is -0.353 e. The van der Waals surface area contributed by atoms with Crippen LogP contribution in [-0.4, -0.2) is 52.7 Å². The number of hydrogen-bond acceptors (Lipinski definition) is 5. The minimum absolute atomic E-state index is 0.0129. The molecule has 0 atom stereocenters. The molecule has 0 saturated carbocycles. The second kappa shape index (κ2) is 10.4. The second-order valence-corrected chi connectivity index (χ2v) is 8.80. The third-order valence-electron chi connectivity index (χ3n) is 6.05. The van der Waals surface area contributed by atoms with Crippen LogP contribution in [0.4, 0.5) is 5.82 Å². The third kappa shape index (κ3) is 5.39. The molecule has 0 aliphatic carbocycles. The molecule has 0 radical (unpaired) electrons. The Labute approximate surface area is 200 Å². The molecule has 3 heterocycles. The lowest BCUT2D eigenvalue weighted by Gasteiger charge is -2.35. The number of piperazine rings is 1. The number of fused-ring (bicyclic) bond motifs is 1. The molecule has 1 aliphatic heterocycles. The van der Waals surface area contributed by atoms with Gasteiger partial charge in [0.15, 0.2) is 5.78 Å². The number of benzene rings is 1. The first-order chi connectivity index (χ1) is 16.4. The van der Waals surface area contributed by atoms with E-state index in [1.807, 2.05) is 61.5 Å². The Kier molecular flexibility index (Phi) is 7.16. The highest BCUT2D eigenvalue weighted by atomic mass is 16.2. The number of hydrogen-bond donors (Lipinski definition) is 0. The van der Waals surface area contributed by atoms with E-state index in [0.717, 1.165) is 52.1 Å². The van der Waals surface area contributed by atoms with Crippen molar-refractivity contribution in [3.63, 3.8) is 0 Å². The summed E-state index contributed by atoms with van der Waals surface area (Å²) < 4.78 is 0. The predicted molar refractivity (Wildman–Crippen MR) is 138 cm³/mol. The molecule has 1 fully saturated rings. The van der Waals surface area contributed by atoms with Gasteiger partial charge in [-0.05, 0) is 61.4 Å². The number of pyridine rings is 2. The fourth-order valence-electron chi connectivity index (χ4n) is 4.24. The van der Waals surface area contributed by atoms with Gasteiger partial charge in [0, 0.05) is 62.4 Å². The van der Waals surface area contributed by atoms with Crippen LogP contribution in [0.3, 0.4) is 0 Å². The molecule has 0 spiro atoms. The number of nitrogens with zero attached hydrogens (tertiary/aromatic N) is 4. The summed E-state index contributed by atoms with van der Waals surface area (Å²) in [5, 5.41) is 1.07. The Morgan fingerprint density at radius 3 is 2.47 bits per heavy atom. The van der Waals surface area contributed by atoms with E-state index in [-0.39, 0.29) is 24.5 Å². The highest BCUT2D eigenvalue weighted by molar-refractivity contribution is 5.95. The quantitative estimate of drug-likeness (QED) is 0.475. The van der Waals surface area contributed by atoms with E-state index >= 15 is 0 Å². The highest BCUT2D eigenvalue weighted by Crippen LogP contribution is 2.29. The maximum Gasteiger partial charge on any atom is 0.223 e. The van der Waals surface area contributed by atoms with Crippen LogP contribution in [0, 0.1) is 0 Å². The van der Waals surface area contributed by atoms with Gasteiger partial charge in [-0.25, -0.2) is 4.98 Å². The third-order valence-corrected chi connectivity index (χ3v) is 6.05. The molecule has 4 rings (SSSR count). The molecular weight excluding hydrogens is 424 g/mol. The monoisotopic (exact) mass is 454 g/mol. The van der Waals surface area contributed by atoms with Gasteiger partial charge in [0.2, 0.25) is 5.91 Å². The Bertz CT molecular complexity index is 1240. The number of ketones is 1. The molecule has 0 bridgehead atoms. The predicted octanol–water partition coefficient (Wildman–Crippen LogP) is 4.90. The second-order valence-electron chi connectivity index (χ2n) is 8.80. The Morgan fingerprint density at radius 1 is 1.00 bits per heavy atom. The van der Waals surface area contributed by atoms with Gasteiger partial charge in [0.1, 0.15) is 5.82 Å². The van der Waals surface area contributed by atoms with Crippen LogP contribution in [0.25, 0.3) is 28.1 Å². The van der Waals surface area contributed by atoms with Crippen LogP contribution in [0.2, 0.25) is 0 Å². The van der Waals surface area contributed by atoms with E-state index in [1.165, 1.54) is 0 Å². The number of aromatic nitrogens is 2. The molecule has 0 N–H and O–H groups in total. The normalized spacial score (nSPS) is 13.6. The van der Waals surface area contributed by atoms with Crippen LogP contribution in [0.5, 0.6) is 0 Å². The zero-order valence-corrected chi connectivity index (χ0v) is 19.8. The van der Waals surface area contributed by atoms with Crippen LogP contribution in [0.15, 0.2) is 67.0 Å². The fraction of sp³-hybridized carbons (Fsp3) is 0.286. The molecule has 174 valence electrons. The van der Waals surface area contributed by atoms with E-state index in [9.17, 15) is 9.59 Å². The summed E-state index contributed by atoms with van der Waals surface area (Å²) in [5.41, 5.74) is 5.08. The van der Waals surface area contributed by atoms with Crippen molar-refractivity contribution < 1.29 is 9.59 Å². The van der Waals surface area contributed by atoms with Gasteiger partial charge in [-0.15, -0.1) is 0 Å². The van der Waals surface area contributed by atoms with E-state index in [2.05, 4.69) is 28.6 Å². The zero-order valence-electron chi connectivity index (χ0n) is 19.8. The van der Waals surface area contributed by atoms with E-state index in [4.69, 9.17) is 4.98 Å². The average Bonchev–Trinajstić information content (AvgIpc) is 2.86. The van der Waals surface area contributed by atoms with Crippen LogP contribution in [-0.2, 0) is 9.59 Å². The fourth-order valence-corrected chi connectivity index (χ4v) is 4.24. The van der Waals surface area contributed by atoms with Crippen molar-refractivity contribution in [2.24, 2.45) is 0 Å². The number of carbonyl (C=O) groups excluding carboxylic acids is 2. The van der Waals surface area contributed by atoms with Crippen molar-refractivity contribution in [2.75, 3.05) is 31.1 Å². The molecule has 2 aromatic heterocycles. The molecule has 1 saturated heterocycles. The molecule has 3 aromatic rings. The van der Waals surface area contributed by atoms with Gasteiger partial charge in [-0.3, -0.25) is 14.6 Å². The molecule has 34 heavy (non-hydrogen) atoms. The lowest BCUT2D eigenvalue weighted by Crippen LogP contribution is -2.49. The van der Waals surface area contributed by atoms with Crippen LogP contribution in [0.1, 0.15) is 32.3 Å². The standard InChI is InChI=1S/C28H30N4O2/c1-4-21-5-8-26-25(18-21)24(11-12-29-26)22-6-9-27(30-19-22)31-13-15-32(16-14-31)28(34)10-7-23(33)17-20(2)3/h4-6,8-9,11-12,17-19H,1,7,10,13-16H2,2-3H3. The van der Waals surface area contributed by atoms with Crippen LogP contribution >= 0.6 is 0 Å². The molecule has 1 amide bonds. The SMILES string of the molecule is C=Cc1ccc2nccc(-c3ccc(N4CCN(C(=O)CCC(=O)C=C(C)C)CC4)nc3)c2c1. The van der Waals surface area contributed by atoms with Gasteiger partial charge in [0.05, 0.1) is 5.52 Å². The highest BCUT2D eigenvalue weighted by Gasteiger charge is 2.22. The summed E-state index contributed by atoms with van der Waals surface area (Å²) in [5.74, 6) is 0.959. The smallest absolute Gasteiger partial charge is 0.223 e. The molecule has 6 heteroatoms. The summed E-state index contributed by atoms with van der Waals surface area (Å²) in [4.78, 5) is 37.6. The number of carbonyl (C=O) groups is 2. The Hall–Kier alpha value is -3.80. The first kappa shape index (κ1) is 23.4. The van der Waals surface area contributed by atoms with Gasteiger partial charge in [-0.1, -0.05) is 24.3 Å². The molecule has 6 nitrogen and oxygen atoms in total. The topological polar surface area (TPSA) is 66.4 Å². The lowest BCUT2D eigenvalue weighted by atomic mass is 10.0. The van der Waals surface area contributed by atoms with Crippen molar-refractivity contribution in [3.8, 4) is 11.1 Å². The first-order valence-electron chi connectivity index (χ1n) is 11.6. The van der Waals surface area contributed by atoms with Crippen molar-refractivity contribution in [1.82, 2.24) is 14.9 Å². The van der Waals surface area contributed by atoms with Crippen molar-refractivity contribution in [3.05, 3.63) is 72.6 Å². The molecular formula is C28H30N4O2. The number of rotatable bonds is 7. The van der Waals surface area contributed by atoms with Crippen molar-refractivity contribution >= 4 is 34.5 Å². The summed E-state index contributed by atoms with van der Waals surface area (Å²) in [6, 6.07) is 12.3. The molecule has 1 aromatic carbocycles. The Balaban J connectivity index is 1.39. The number of amides is 1. The Morgan fingerprint density at radius 2 is 1.79 bits per heavy atom. The molecule has 0 unspecified atom stereocenters. The van der Waals surface area contributed by atoms with Gasteiger partial charge < -0.3 is 9.80 Å². The van der Waals surface area contributed by atoms with E-state index < -0.39 is 0 Å². The van der Waals surface area contributed by atoms with Gasteiger partial charge in [0.25, 0.3) is 0 Å². The lowest BCUT2D eigenvalue weighted by molar-refractivity contribution is -0.132. The van der Waals surface area contributed by atoms with Crippen LogP contribution < -0.4 is 4.90 Å². The van der Waals surface area contributed by atoms with Crippen molar-refractivity contribution in [2.45, 2.75) is 26.7 Å². The van der Waals surface area contributed by atoms with E-state index in [1.54, 1.807) is 6.08 Å². The number of allylic oxidation sites excluding steroid dienone is 2. The molecule has 1 aliphatic rings. The number of anilines is 1. The summed E-state index contributed by atoms with van der Waals surface area (Å²) in [6.45, 7) is 10.4.